The standard InChI is InChI=1S/C24H28N4O2S.C15H24N4OS2.C11H11BrO.CH4.H3P/c1-15(28(2)3)14-30-20-11-9-19(10-12-20)26-24-27-23(25)22(31-24)21(29)18-6-4-5-17(13-18)16-7-8-16;1-5-22-14(16)18-15(21)17-12-6-8-13(9-7-12)20-10-11(2)19(3)4;12-7-11(13)10-3-1-2-9(6-10)8-4-5-8;;/h4-6,9-13,15-16H,7-8,14,25H2,1-3H3,(H,26,27);6-9,11H,5,10H2,1-4H3,(H3,16,17,18,21);1-3,6,8H,4-5,7H2;1H4;1H3/t15-;11-;;;/m11.../s1. The third-order valence-electron chi connectivity index (χ3n) is 10.9. The molecule has 1 aromatic heterocycles. The number of benzene rings is 4. The molecule has 12 nitrogen and oxygen atoms in total. The zero-order valence-electron chi connectivity index (χ0n) is 39.6. The van der Waals surface area contributed by atoms with Crippen LogP contribution in [0, 0.1) is 0 Å². The Kier molecular flexibility index (Phi) is 24.6. The van der Waals surface area contributed by atoms with E-state index < -0.39 is 0 Å². The summed E-state index contributed by atoms with van der Waals surface area (Å²) in [6.45, 7) is 7.51. The molecule has 3 atom stereocenters. The van der Waals surface area contributed by atoms with Crippen LogP contribution in [0.1, 0.15) is 102 Å². The maximum absolute atomic E-state index is 13.0. The van der Waals surface area contributed by atoms with Crippen molar-refractivity contribution in [2.24, 2.45) is 10.7 Å². The first-order valence-corrected chi connectivity index (χ1v) is 25.4. The zero-order chi connectivity index (χ0) is 47.8. The summed E-state index contributed by atoms with van der Waals surface area (Å²) in [6.07, 6.45) is 4.97. The third-order valence-corrected chi connectivity index (χ3v) is 13.3. The molecular weight excluding hydrogens is 996 g/mol. The van der Waals surface area contributed by atoms with E-state index in [4.69, 9.17) is 33.2 Å². The van der Waals surface area contributed by atoms with E-state index >= 15 is 0 Å². The minimum Gasteiger partial charge on any atom is -0.492 e. The van der Waals surface area contributed by atoms with Crippen LogP contribution in [0.4, 0.5) is 22.3 Å². The fraction of sp³-hybridized carbons (Fsp3) is 0.392. The number of hydrogen-bond donors (Lipinski definition) is 4. The number of alkyl halides is 1. The molecule has 5 aromatic rings. The number of nitrogens with two attached hydrogens (primary N) is 2. The first-order valence-electron chi connectivity index (χ1n) is 22.1. The summed E-state index contributed by atoms with van der Waals surface area (Å²) in [5.41, 5.74) is 17.6. The predicted molar refractivity (Wildman–Crippen MR) is 302 cm³/mol. The van der Waals surface area contributed by atoms with Gasteiger partial charge in [0.1, 0.15) is 35.4 Å². The number of ether oxygens (including phenoxy) is 2. The second kappa shape index (κ2) is 28.9. The highest BCUT2D eigenvalue weighted by Gasteiger charge is 2.26. The molecule has 2 aliphatic rings. The lowest BCUT2D eigenvalue weighted by atomic mass is 10.0. The van der Waals surface area contributed by atoms with Crippen LogP contribution in [-0.4, -0.2) is 101 Å². The van der Waals surface area contributed by atoms with Gasteiger partial charge in [0.05, 0.1) is 5.33 Å². The molecule has 2 aliphatic carbocycles. The fourth-order valence-corrected chi connectivity index (χ4v) is 7.96. The van der Waals surface area contributed by atoms with Crippen molar-refractivity contribution in [3.8, 4) is 11.5 Å². The lowest BCUT2D eigenvalue weighted by Gasteiger charge is -2.20. The Morgan fingerprint density at radius 3 is 1.79 bits per heavy atom. The van der Waals surface area contributed by atoms with Crippen molar-refractivity contribution in [3.05, 3.63) is 124 Å². The number of hydrogen-bond acceptors (Lipinski definition) is 12. The Bertz CT molecular complexity index is 2390. The first kappa shape index (κ1) is 57.9. The summed E-state index contributed by atoms with van der Waals surface area (Å²) >= 11 is 11.1. The molecule has 17 heteroatoms. The van der Waals surface area contributed by atoms with E-state index in [1.807, 2.05) is 120 Å². The molecule has 2 fully saturated rings. The number of thiazole rings is 1. The Morgan fingerprint density at radius 1 is 0.838 bits per heavy atom. The number of likely N-dealkylation sites (N-methyl/N-ethyl adjacent to an activating group) is 2. The minimum absolute atomic E-state index is 0. The van der Waals surface area contributed by atoms with Crippen LogP contribution in [0.5, 0.6) is 11.5 Å². The Labute approximate surface area is 429 Å². The molecule has 2 saturated carbocycles. The minimum atomic E-state index is -0.0793. The van der Waals surface area contributed by atoms with Crippen LogP contribution in [0.2, 0.25) is 0 Å². The van der Waals surface area contributed by atoms with Gasteiger partial charge in [0.25, 0.3) is 0 Å². The highest BCUT2D eigenvalue weighted by molar-refractivity contribution is 9.09. The lowest BCUT2D eigenvalue weighted by molar-refractivity contribution is 0.102. The monoisotopic (exact) mass is 1060 g/mol. The van der Waals surface area contributed by atoms with Gasteiger partial charge in [-0.2, -0.15) is 14.9 Å². The van der Waals surface area contributed by atoms with E-state index in [1.165, 1.54) is 59.9 Å². The van der Waals surface area contributed by atoms with Gasteiger partial charge in [-0.05, 0) is 169 Å². The highest BCUT2D eigenvalue weighted by atomic mass is 79.9. The number of carbonyl (C=O) groups is 2. The maximum atomic E-state index is 13.0. The van der Waals surface area contributed by atoms with Gasteiger partial charge in [-0.25, -0.2) is 4.98 Å². The van der Waals surface area contributed by atoms with Crippen LogP contribution in [0.15, 0.2) is 102 Å². The number of thiocarbonyl (C=S) groups is 1. The Morgan fingerprint density at radius 2 is 1.32 bits per heavy atom. The number of aromatic nitrogens is 1. The van der Waals surface area contributed by atoms with Crippen LogP contribution >= 0.6 is 61.1 Å². The molecule has 1 unspecified atom stereocenters. The number of aliphatic imine (C=N–C) groups is 1. The molecule has 0 radical (unpaired) electrons. The average Bonchev–Trinajstić information content (AvgIpc) is 4.26. The van der Waals surface area contributed by atoms with Crippen molar-refractivity contribution >= 4 is 105 Å². The van der Waals surface area contributed by atoms with Crippen molar-refractivity contribution < 1.29 is 19.1 Å². The van der Waals surface area contributed by atoms with Crippen molar-refractivity contribution in [1.29, 1.82) is 0 Å². The van der Waals surface area contributed by atoms with Gasteiger partial charge in [-0.3, -0.25) is 9.59 Å². The molecule has 0 aliphatic heterocycles. The molecule has 7 rings (SSSR count). The van der Waals surface area contributed by atoms with E-state index in [0.29, 0.717) is 62.4 Å². The van der Waals surface area contributed by atoms with Crippen molar-refractivity contribution in [1.82, 2.24) is 14.8 Å². The van der Waals surface area contributed by atoms with E-state index in [1.54, 1.807) is 0 Å². The quantitative estimate of drug-likeness (QED) is 0.0164. The zero-order valence-corrected chi connectivity index (χ0v) is 45.0. The largest absolute Gasteiger partial charge is 0.492 e. The summed E-state index contributed by atoms with van der Waals surface area (Å²) in [7, 11) is 8.13. The van der Waals surface area contributed by atoms with E-state index in [9.17, 15) is 9.59 Å². The molecule has 0 spiro atoms. The van der Waals surface area contributed by atoms with Crippen LogP contribution < -0.4 is 31.6 Å². The summed E-state index contributed by atoms with van der Waals surface area (Å²) < 4.78 is 11.6. The third kappa shape index (κ3) is 19.2. The molecular formula is C51H70BrN8O4PS3. The fourth-order valence-electron chi connectivity index (χ4n) is 6.05. The van der Waals surface area contributed by atoms with Gasteiger partial charge in [0.2, 0.25) is 5.78 Å². The van der Waals surface area contributed by atoms with Crippen molar-refractivity contribution in [2.45, 2.75) is 77.8 Å². The van der Waals surface area contributed by atoms with Crippen LogP contribution in [0.3, 0.4) is 0 Å². The predicted octanol–water partition coefficient (Wildman–Crippen LogP) is 11.5. The highest BCUT2D eigenvalue weighted by Crippen LogP contribution is 2.41. The van der Waals surface area contributed by atoms with Gasteiger partial charge in [0.15, 0.2) is 21.2 Å². The van der Waals surface area contributed by atoms with E-state index in [-0.39, 0.29) is 34.7 Å². The van der Waals surface area contributed by atoms with E-state index in [2.05, 4.69) is 72.3 Å². The van der Waals surface area contributed by atoms with Crippen molar-refractivity contribution in [3.63, 3.8) is 0 Å². The van der Waals surface area contributed by atoms with Crippen molar-refractivity contribution in [2.75, 3.05) is 68.9 Å². The Balaban J connectivity index is 0.000000289. The number of nitrogens with zero attached hydrogens (tertiary/aromatic N) is 4. The smallest absolute Gasteiger partial charge is 0.206 e. The molecule has 0 saturated heterocycles. The van der Waals surface area contributed by atoms with Gasteiger partial charge < -0.3 is 41.4 Å². The second-order valence-electron chi connectivity index (χ2n) is 16.7. The van der Waals surface area contributed by atoms with Gasteiger partial charge in [-0.15, -0.1) is 0 Å². The number of carbonyl (C=O) groups excluding carboxylic acids is 2. The molecule has 68 heavy (non-hydrogen) atoms. The second-order valence-corrected chi connectivity index (χ2v) is 19.9. The lowest BCUT2D eigenvalue weighted by Crippen LogP contribution is -2.30. The number of halogens is 1. The molecule has 4 aromatic carbocycles. The number of amidine groups is 1. The number of thioether (sulfide) groups is 1. The number of ketones is 2. The summed E-state index contributed by atoms with van der Waals surface area (Å²) in [5, 5.41) is 8.10. The topological polar surface area (TPSA) is 160 Å². The number of nitrogens with one attached hydrogen (secondary N) is 2. The SMILES string of the molecule is C.CCSC(N)=NC(=S)Nc1ccc(OC[C@@H](C)N(C)C)cc1.C[C@H](COc1ccc(Nc2nc(N)c(C(=O)c3cccc(C4CC4)c3)s2)cc1)N(C)C.O=C(CBr)c1cccc(C2CC2)c1.P. The average molecular weight is 1070 g/mol. The van der Waals surface area contributed by atoms with Crippen LogP contribution in [0.25, 0.3) is 0 Å². The number of anilines is 4. The number of rotatable bonds is 18. The molecule has 0 bridgehead atoms. The summed E-state index contributed by atoms with van der Waals surface area (Å²) in [6, 6.07) is 31.9. The van der Waals surface area contributed by atoms with Gasteiger partial charge >= 0.3 is 0 Å². The molecule has 1 heterocycles. The Hall–Kier alpha value is -4.41. The number of nitrogen functional groups attached to an aromatic ring is 1. The maximum Gasteiger partial charge on any atom is 0.206 e. The normalized spacial score (nSPS) is 13.8. The van der Waals surface area contributed by atoms with Gasteiger partial charge in [0, 0.05) is 34.6 Å². The number of Topliss-reactive ketones (excluding diaryl/α,β-unsaturated/α-hetero) is 1. The van der Waals surface area contributed by atoms with E-state index in [0.717, 1.165) is 40.1 Å². The first-order chi connectivity index (χ1) is 31.6. The molecule has 368 valence electrons. The molecule has 6 N–H and O–H groups in total. The van der Waals surface area contributed by atoms with Gasteiger partial charge in [-0.1, -0.05) is 89.8 Å². The summed E-state index contributed by atoms with van der Waals surface area (Å²) in [5.74, 6) is 4.18. The molecule has 0 amide bonds. The van der Waals surface area contributed by atoms with Crippen LogP contribution in [-0.2, 0) is 0 Å². The summed E-state index contributed by atoms with van der Waals surface area (Å²) in [4.78, 5) is 37.5.